The highest BCUT2D eigenvalue weighted by atomic mass is 35.5. The summed E-state index contributed by atoms with van der Waals surface area (Å²) in [6.07, 6.45) is 2.12. The number of halogens is 1. The molecule has 2 aliphatic rings. The molecule has 0 saturated carbocycles. The van der Waals surface area contributed by atoms with E-state index in [2.05, 4.69) is 28.6 Å². The fourth-order valence-electron chi connectivity index (χ4n) is 4.16. The molecule has 3 heterocycles. The van der Waals surface area contributed by atoms with E-state index >= 15 is 0 Å². The molecule has 1 aromatic heterocycles. The lowest BCUT2D eigenvalue weighted by atomic mass is 9.88. The highest BCUT2D eigenvalue weighted by Crippen LogP contribution is 2.43. The third-order valence-corrected chi connectivity index (χ3v) is 6.52. The molecule has 2 unspecified atom stereocenters. The number of fused-ring (bicyclic) bond motifs is 1. The number of thiazole rings is 1. The highest BCUT2D eigenvalue weighted by molar-refractivity contribution is 7.15. The first-order valence-electron chi connectivity index (χ1n) is 10.1. The van der Waals surface area contributed by atoms with Crippen LogP contribution in [0.2, 0.25) is 4.47 Å². The van der Waals surface area contributed by atoms with Crippen LogP contribution < -0.4 is 0 Å². The fraction of sp³-hybridized carbons (Fsp3) is 0.476. The van der Waals surface area contributed by atoms with Crippen molar-refractivity contribution in [3.63, 3.8) is 0 Å². The van der Waals surface area contributed by atoms with Crippen LogP contribution in [0, 0.1) is 16.0 Å². The molecule has 0 spiro atoms. The molecule has 0 radical (unpaired) electrons. The van der Waals surface area contributed by atoms with Crippen LogP contribution in [0.5, 0.6) is 0 Å². The van der Waals surface area contributed by atoms with Crippen LogP contribution in [-0.4, -0.2) is 45.6 Å². The Morgan fingerprint density at radius 3 is 2.73 bits per heavy atom. The zero-order chi connectivity index (χ0) is 21.3. The van der Waals surface area contributed by atoms with Crippen molar-refractivity contribution in [3.05, 3.63) is 73.1 Å². The molecule has 2 aliphatic heterocycles. The van der Waals surface area contributed by atoms with Crippen molar-refractivity contribution in [1.82, 2.24) is 14.8 Å². The normalized spacial score (nSPS) is 21.5. The molecule has 160 valence electrons. The second-order valence-corrected chi connectivity index (χ2v) is 9.74. The van der Waals surface area contributed by atoms with E-state index in [1.54, 1.807) is 6.20 Å². The number of hydrogen-bond donors (Lipinski definition) is 0. The van der Waals surface area contributed by atoms with Crippen LogP contribution in [0.25, 0.3) is 0 Å². The van der Waals surface area contributed by atoms with Gasteiger partial charge in [0.1, 0.15) is 6.23 Å². The number of rotatable bonds is 7. The zero-order valence-corrected chi connectivity index (χ0v) is 18.6. The van der Waals surface area contributed by atoms with Crippen molar-refractivity contribution in [2.45, 2.75) is 39.0 Å². The number of nitrogens with zero attached hydrogens (tertiary/aromatic N) is 4. The summed E-state index contributed by atoms with van der Waals surface area (Å²) in [6, 6.07) is 9.72. The number of aromatic nitrogens is 1. The molecule has 30 heavy (non-hydrogen) atoms. The second kappa shape index (κ2) is 8.91. The average Bonchev–Trinajstić information content (AvgIpc) is 3.32. The summed E-state index contributed by atoms with van der Waals surface area (Å²) >= 11 is 7.40. The van der Waals surface area contributed by atoms with Gasteiger partial charge in [0.25, 0.3) is 5.70 Å². The Balaban J connectivity index is 1.74. The van der Waals surface area contributed by atoms with E-state index in [4.69, 9.17) is 16.3 Å². The maximum absolute atomic E-state index is 12.3. The third kappa shape index (κ3) is 4.31. The van der Waals surface area contributed by atoms with Crippen LogP contribution in [-0.2, 0) is 11.3 Å². The molecule has 9 heteroatoms. The van der Waals surface area contributed by atoms with E-state index in [1.807, 2.05) is 30.3 Å². The lowest BCUT2D eigenvalue weighted by molar-refractivity contribution is -0.436. The van der Waals surface area contributed by atoms with E-state index < -0.39 is 0 Å². The Morgan fingerprint density at radius 2 is 2.10 bits per heavy atom. The number of allylic oxidation sites excluding steroid dienone is 1. The van der Waals surface area contributed by atoms with E-state index in [0.29, 0.717) is 48.9 Å². The topological polar surface area (TPSA) is 71.7 Å². The van der Waals surface area contributed by atoms with Gasteiger partial charge in [-0.2, -0.15) is 0 Å². The summed E-state index contributed by atoms with van der Waals surface area (Å²) in [6.45, 7) is 6.79. The summed E-state index contributed by atoms with van der Waals surface area (Å²) in [5.41, 5.74) is 1.20. The zero-order valence-electron chi connectivity index (χ0n) is 17.0. The predicted molar refractivity (Wildman–Crippen MR) is 117 cm³/mol. The van der Waals surface area contributed by atoms with Gasteiger partial charge in [0.05, 0.1) is 24.0 Å². The lowest BCUT2D eigenvalue weighted by Crippen LogP contribution is -2.43. The summed E-state index contributed by atoms with van der Waals surface area (Å²) in [7, 11) is 0. The van der Waals surface area contributed by atoms with Gasteiger partial charge in [0.2, 0.25) is 0 Å². The first-order chi connectivity index (χ1) is 14.4. The molecular formula is C21H25ClN4O3S. The lowest BCUT2D eigenvalue weighted by Gasteiger charge is -2.38. The molecule has 0 aliphatic carbocycles. The van der Waals surface area contributed by atoms with Gasteiger partial charge in [-0.05, 0) is 11.5 Å². The Morgan fingerprint density at radius 1 is 1.33 bits per heavy atom. The van der Waals surface area contributed by atoms with Gasteiger partial charge in [-0.25, -0.2) is 4.98 Å². The predicted octanol–water partition coefficient (Wildman–Crippen LogP) is 4.55. The Hall–Kier alpha value is -2.16. The third-order valence-electron chi connectivity index (χ3n) is 5.42. The SMILES string of the molecule is CC(C)COC1CC(c2ccccc2)C([N+](=O)[O-])=C2N(Cc3cnc(Cl)s3)CCN21. The van der Waals surface area contributed by atoms with Crippen molar-refractivity contribution in [2.24, 2.45) is 5.92 Å². The van der Waals surface area contributed by atoms with E-state index in [0.717, 1.165) is 10.4 Å². The smallest absolute Gasteiger partial charge is 0.293 e. The van der Waals surface area contributed by atoms with Gasteiger partial charge in [-0.15, -0.1) is 11.3 Å². The van der Waals surface area contributed by atoms with Gasteiger partial charge in [-0.1, -0.05) is 55.8 Å². The van der Waals surface area contributed by atoms with Gasteiger partial charge >= 0.3 is 0 Å². The Bertz CT molecular complexity index is 933. The molecular weight excluding hydrogens is 424 g/mol. The molecule has 0 N–H and O–H groups in total. The monoisotopic (exact) mass is 448 g/mol. The molecule has 7 nitrogen and oxygen atoms in total. The van der Waals surface area contributed by atoms with Gasteiger partial charge < -0.3 is 14.5 Å². The molecule has 4 rings (SSSR count). The van der Waals surface area contributed by atoms with Crippen molar-refractivity contribution in [1.29, 1.82) is 0 Å². The summed E-state index contributed by atoms with van der Waals surface area (Å²) in [5.74, 6) is 0.733. The maximum atomic E-state index is 12.3. The molecule has 2 aromatic rings. The molecule has 1 fully saturated rings. The molecule has 0 bridgehead atoms. The Labute approximate surface area is 185 Å². The highest BCUT2D eigenvalue weighted by Gasteiger charge is 2.47. The second-order valence-electron chi connectivity index (χ2n) is 8.04. The first kappa shape index (κ1) is 21.1. The summed E-state index contributed by atoms with van der Waals surface area (Å²) < 4.78 is 6.73. The van der Waals surface area contributed by atoms with Crippen LogP contribution in [0.4, 0.5) is 0 Å². The number of nitro groups is 1. The molecule has 0 amide bonds. The van der Waals surface area contributed by atoms with Gasteiger partial charge in [0.15, 0.2) is 10.3 Å². The van der Waals surface area contributed by atoms with E-state index in [1.165, 1.54) is 11.3 Å². The number of benzene rings is 1. The van der Waals surface area contributed by atoms with E-state index in [9.17, 15) is 10.1 Å². The fourth-order valence-corrected chi connectivity index (χ4v) is 5.15. The molecule has 1 saturated heterocycles. The van der Waals surface area contributed by atoms with Gasteiger partial charge in [-0.3, -0.25) is 10.1 Å². The van der Waals surface area contributed by atoms with Crippen LogP contribution in [0.3, 0.4) is 0 Å². The first-order valence-corrected chi connectivity index (χ1v) is 11.3. The summed E-state index contributed by atoms with van der Waals surface area (Å²) in [5, 5.41) is 12.3. The van der Waals surface area contributed by atoms with Crippen LogP contribution in [0.1, 0.15) is 36.6 Å². The summed E-state index contributed by atoms with van der Waals surface area (Å²) in [4.78, 5) is 21.3. The maximum Gasteiger partial charge on any atom is 0.293 e. The van der Waals surface area contributed by atoms with Crippen molar-refractivity contribution in [3.8, 4) is 0 Å². The van der Waals surface area contributed by atoms with Gasteiger partial charge in [0, 0.05) is 30.6 Å². The number of ether oxygens (including phenoxy) is 1. The van der Waals surface area contributed by atoms with Crippen molar-refractivity contribution >= 4 is 22.9 Å². The molecule has 1 aromatic carbocycles. The minimum atomic E-state index is -0.324. The van der Waals surface area contributed by atoms with Crippen molar-refractivity contribution in [2.75, 3.05) is 19.7 Å². The van der Waals surface area contributed by atoms with Crippen LogP contribution >= 0.6 is 22.9 Å². The van der Waals surface area contributed by atoms with Crippen molar-refractivity contribution < 1.29 is 9.66 Å². The molecule has 2 atom stereocenters. The average molecular weight is 449 g/mol. The quantitative estimate of drug-likeness (QED) is 0.457. The largest absolute Gasteiger partial charge is 0.358 e. The standard InChI is InChI=1S/C21H25ClN4O3S/c1-14(2)13-29-18-10-17(15-6-4-3-5-7-15)19(26(27)28)20-24(8-9-25(18)20)12-16-11-23-21(22)30-16/h3-7,11,14,17-18H,8-10,12-13H2,1-2H3. The van der Waals surface area contributed by atoms with Crippen LogP contribution in [0.15, 0.2) is 48.0 Å². The minimum Gasteiger partial charge on any atom is -0.358 e. The van der Waals surface area contributed by atoms with E-state index in [-0.39, 0.29) is 22.8 Å². The minimum absolute atomic E-state index is 0.189. The number of hydrogen-bond acceptors (Lipinski definition) is 7. The Kier molecular flexibility index (Phi) is 6.26.